The van der Waals surface area contributed by atoms with Crippen molar-refractivity contribution in [3.8, 4) is 6.07 Å². The van der Waals surface area contributed by atoms with Crippen LogP contribution >= 0.6 is 11.3 Å². The van der Waals surface area contributed by atoms with Crippen molar-refractivity contribution in [1.82, 2.24) is 9.97 Å². The minimum Gasteiger partial charge on any atom is -0.399 e. The fourth-order valence-corrected chi connectivity index (χ4v) is 5.30. The van der Waals surface area contributed by atoms with E-state index in [2.05, 4.69) is 35.2 Å². The Balaban J connectivity index is 2.02. The third-order valence-electron chi connectivity index (χ3n) is 5.75. The number of fused-ring (bicyclic) bond motifs is 1. The van der Waals surface area contributed by atoms with Crippen molar-refractivity contribution in [3.63, 3.8) is 0 Å². The summed E-state index contributed by atoms with van der Waals surface area (Å²) in [6.45, 7) is 8.44. The number of hydrogen-bond acceptors (Lipinski definition) is 7. The van der Waals surface area contributed by atoms with Gasteiger partial charge in [-0.1, -0.05) is 32.7 Å². The number of aliphatic imine (C=N–C) groups is 1. The van der Waals surface area contributed by atoms with Crippen LogP contribution in [0.1, 0.15) is 52.5 Å². The fraction of sp³-hybridized carbons (Fsp3) is 0.478. The van der Waals surface area contributed by atoms with E-state index in [9.17, 15) is 5.26 Å². The molecule has 3 heterocycles. The number of nitrogens with two attached hydrogens (primary N) is 1. The van der Waals surface area contributed by atoms with Crippen LogP contribution in [-0.4, -0.2) is 22.9 Å². The number of hydrogen-bond donors (Lipinski definition) is 2. The van der Waals surface area contributed by atoms with Gasteiger partial charge >= 0.3 is 0 Å². The largest absolute Gasteiger partial charge is 0.399 e. The van der Waals surface area contributed by atoms with E-state index in [0.29, 0.717) is 18.2 Å². The first-order valence-corrected chi connectivity index (χ1v) is 11.9. The molecule has 1 fully saturated rings. The minimum atomic E-state index is -0.261. The Labute approximate surface area is 189 Å². The van der Waals surface area contributed by atoms with Crippen molar-refractivity contribution >= 4 is 45.2 Å². The normalized spacial score (nSPS) is 20.4. The maximum atomic E-state index is 9.62. The fourth-order valence-electron chi connectivity index (χ4n) is 4.12. The predicted molar refractivity (Wildman–Crippen MR) is 133 cm³/mol. The number of nitriles is 1. The molecule has 0 bridgehead atoms. The molecule has 0 saturated carbocycles. The molecule has 1 unspecified atom stereocenters. The molecule has 8 heteroatoms. The number of aromatic nitrogens is 2. The van der Waals surface area contributed by atoms with Crippen molar-refractivity contribution in [2.24, 2.45) is 16.1 Å². The predicted octanol–water partition coefficient (Wildman–Crippen LogP) is 4.88. The summed E-state index contributed by atoms with van der Waals surface area (Å²) in [5, 5.41) is 13.0. The summed E-state index contributed by atoms with van der Waals surface area (Å²) in [6.07, 6.45) is 13.1. The van der Waals surface area contributed by atoms with Crippen LogP contribution < -0.4 is 16.0 Å². The van der Waals surface area contributed by atoms with Gasteiger partial charge in [-0.2, -0.15) is 5.26 Å². The van der Waals surface area contributed by atoms with E-state index in [1.165, 1.54) is 0 Å². The molecule has 1 aliphatic rings. The van der Waals surface area contributed by atoms with Crippen LogP contribution in [0.3, 0.4) is 0 Å². The van der Waals surface area contributed by atoms with Gasteiger partial charge in [0.15, 0.2) is 5.82 Å². The van der Waals surface area contributed by atoms with Crippen molar-refractivity contribution < 1.29 is 0 Å². The van der Waals surface area contributed by atoms with Crippen LogP contribution in [-0.2, 0) is 6.42 Å². The summed E-state index contributed by atoms with van der Waals surface area (Å²) in [6, 6.07) is 2.53. The number of nitrogens with zero attached hydrogens (tertiary/aromatic N) is 4. The van der Waals surface area contributed by atoms with Crippen molar-refractivity contribution in [1.29, 1.82) is 5.26 Å². The van der Waals surface area contributed by atoms with E-state index in [1.807, 2.05) is 32.2 Å². The van der Waals surface area contributed by atoms with Gasteiger partial charge in [0.2, 0.25) is 6.71 Å². The Hall–Kier alpha value is -2.66. The topological polar surface area (TPSA) is 100.0 Å². The Morgan fingerprint density at radius 1 is 1.48 bits per heavy atom. The molecule has 6 nitrogen and oxygen atoms in total. The van der Waals surface area contributed by atoms with Crippen LogP contribution in [0.25, 0.3) is 10.2 Å². The zero-order valence-electron chi connectivity index (χ0n) is 18.9. The Morgan fingerprint density at radius 3 is 2.97 bits per heavy atom. The average molecular weight is 434 g/mol. The molecule has 3 rings (SSSR count). The summed E-state index contributed by atoms with van der Waals surface area (Å²) >= 11 is 1.69. The molecule has 1 aliphatic heterocycles. The number of pyridine rings is 1. The lowest BCUT2D eigenvalue weighted by atomic mass is 9.37. The molecule has 31 heavy (non-hydrogen) atoms. The molecule has 1 saturated heterocycles. The van der Waals surface area contributed by atoms with Gasteiger partial charge in [-0.25, -0.2) is 9.98 Å². The zero-order valence-corrected chi connectivity index (χ0v) is 19.7. The number of anilines is 1. The number of allylic oxidation sites excluding steroid dienone is 2. The van der Waals surface area contributed by atoms with Gasteiger partial charge in [0.25, 0.3) is 0 Å². The third kappa shape index (κ3) is 5.34. The summed E-state index contributed by atoms with van der Waals surface area (Å²) in [5.74, 6) is 1.39. The molecule has 0 radical (unpaired) electrons. The van der Waals surface area contributed by atoms with E-state index in [0.717, 1.165) is 64.8 Å². The SMILES string of the molecule is C\C=N/C(=C\C(N)=C\CC)Nc1ncc(CC)c2nc(B3CCCC(C)(C#N)C3)sc12. The summed E-state index contributed by atoms with van der Waals surface area (Å²) in [4.78, 5) is 15.3. The van der Waals surface area contributed by atoms with E-state index in [1.54, 1.807) is 17.6 Å². The third-order valence-corrected chi connectivity index (χ3v) is 6.97. The molecular formula is C23H31BN6S. The van der Waals surface area contributed by atoms with E-state index in [4.69, 9.17) is 10.7 Å². The molecule has 162 valence electrons. The van der Waals surface area contributed by atoms with Crippen LogP contribution in [0.5, 0.6) is 0 Å². The molecule has 0 amide bonds. The smallest absolute Gasteiger partial charge is 0.215 e. The quantitative estimate of drug-likeness (QED) is 0.368. The van der Waals surface area contributed by atoms with Crippen molar-refractivity contribution in [2.45, 2.75) is 66.0 Å². The van der Waals surface area contributed by atoms with E-state index < -0.39 is 0 Å². The average Bonchev–Trinajstić information content (AvgIpc) is 3.20. The molecule has 2 aromatic heterocycles. The van der Waals surface area contributed by atoms with Gasteiger partial charge in [0.05, 0.1) is 21.2 Å². The Bertz CT molecular complexity index is 1060. The first kappa shape index (κ1) is 23.0. The maximum absolute atomic E-state index is 9.62. The van der Waals surface area contributed by atoms with Crippen LogP contribution in [0.2, 0.25) is 12.6 Å². The minimum absolute atomic E-state index is 0.261. The highest BCUT2D eigenvalue weighted by Gasteiger charge is 2.37. The standard InChI is InChI=1S/C23H31BN6S/c1-5-9-17(26)12-18(27-7-3)29-21-20-19(16(6-2)13-28-21)30-22(31-20)24-11-8-10-23(4,14-24)15-25/h7,9,12-13H,5-6,8,10-11,14,26H2,1-4H3,(H,28,29)/b17-9-,18-12+,27-7-. The molecule has 0 aromatic carbocycles. The number of aryl methyl sites for hydroxylation is 1. The lowest BCUT2D eigenvalue weighted by molar-refractivity contribution is 0.424. The van der Waals surface area contributed by atoms with E-state index in [-0.39, 0.29) is 5.41 Å². The van der Waals surface area contributed by atoms with Crippen LogP contribution in [0.4, 0.5) is 5.82 Å². The summed E-state index contributed by atoms with van der Waals surface area (Å²) < 4.78 is 1.04. The van der Waals surface area contributed by atoms with Crippen molar-refractivity contribution in [3.05, 3.63) is 35.4 Å². The van der Waals surface area contributed by atoms with Gasteiger partial charge in [-0.05, 0) is 45.0 Å². The van der Waals surface area contributed by atoms with Gasteiger partial charge in [0, 0.05) is 29.6 Å². The number of thiazole rings is 1. The molecule has 3 N–H and O–H groups in total. The van der Waals surface area contributed by atoms with Gasteiger partial charge < -0.3 is 11.1 Å². The lowest BCUT2D eigenvalue weighted by Gasteiger charge is -2.29. The highest BCUT2D eigenvalue weighted by atomic mass is 32.1. The zero-order chi connectivity index (χ0) is 22.4. The summed E-state index contributed by atoms with van der Waals surface area (Å²) in [5.41, 5.74) is 8.62. The Kier molecular flexibility index (Phi) is 7.50. The molecular weight excluding hydrogens is 403 g/mol. The first-order chi connectivity index (χ1) is 14.9. The second kappa shape index (κ2) is 10.1. The first-order valence-electron chi connectivity index (χ1n) is 11.1. The van der Waals surface area contributed by atoms with Crippen molar-refractivity contribution in [2.75, 3.05) is 5.32 Å². The molecule has 1 atom stereocenters. The van der Waals surface area contributed by atoms with Gasteiger partial charge in [-0.3, -0.25) is 4.98 Å². The van der Waals surface area contributed by atoms with Crippen LogP contribution in [0, 0.1) is 16.7 Å². The lowest BCUT2D eigenvalue weighted by Crippen LogP contribution is -2.38. The van der Waals surface area contributed by atoms with Crippen LogP contribution in [0.15, 0.2) is 34.9 Å². The molecule has 2 aromatic rings. The monoisotopic (exact) mass is 434 g/mol. The Morgan fingerprint density at radius 2 is 2.29 bits per heavy atom. The summed E-state index contributed by atoms with van der Waals surface area (Å²) in [7, 11) is 0. The highest BCUT2D eigenvalue weighted by Crippen LogP contribution is 2.37. The molecule has 0 spiro atoms. The second-order valence-corrected chi connectivity index (χ2v) is 9.37. The molecule has 0 aliphatic carbocycles. The highest BCUT2D eigenvalue weighted by molar-refractivity contribution is 7.28. The number of nitrogens with one attached hydrogen (secondary N) is 1. The number of rotatable bonds is 7. The van der Waals surface area contributed by atoms with E-state index >= 15 is 0 Å². The van der Waals surface area contributed by atoms with Gasteiger partial charge in [0.1, 0.15) is 5.82 Å². The second-order valence-electron chi connectivity index (χ2n) is 8.34. The maximum Gasteiger partial charge on any atom is 0.215 e. The van der Waals surface area contributed by atoms with Gasteiger partial charge in [-0.15, -0.1) is 11.3 Å².